The Bertz CT molecular complexity index is 1260. The standard InChI is InChI=1S/C22H17N3S/c1-15-8-2-3-9-16(15)14-26-22-24-18-11-5-4-10-17(18)21-23-19-12-6-7-13-20(19)25(21)22/h2-13H,14H2,1H3. The fourth-order valence-corrected chi connectivity index (χ4v) is 4.41. The Balaban J connectivity index is 1.73. The molecule has 0 unspecified atom stereocenters. The van der Waals surface area contributed by atoms with Crippen molar-refractivity contribution in [3.8, 4) is 0 Å². The third kappa shape index (κ3) is 2.45. The highest BCUT2D eigenvalue weighted by atomic mass is 32.2. The molecule has 0 aliphatic rings. The van der Waals surface area contributed by atoms with Crippen LogP contribution in [-0.4, -0.2) is 14.4 Å². The number of benzene rings is 3. The monoisotopic (exact) mass is 355 g/mol. The van der Waals surface area contributed by atoms with E-state index in [0.29, 0.717) is 0 Å². The Hall–Kier alpha value is -2.85. The van der Waals surface area contributed by atoms with Gasteiger partial charge < -0.3 is 0 Å². The van der Waals surface area contributed by atoms with Gasteiger partial charge in [0.15, 0.2) is 5.16 Å². The molecule has 0 atom stereocenters. The fourth-order valence-electron chi connectivity index (χ4n) is 3.32. The van der Waals surface area contributed by atoms with E-state index in [4.69, 9.17) is 9.97 Å². The van der Waals surface area contributed by atoms with Crippen LogP contribution < -0.4 is 0 Å². The number of fused-ring (bicyclic) bond motifs is 5. The van der Waals surface area contributed by atoms with Gasteiger partial charge in [-0.2, -0.15) is 0 Å². The lowest BCUT2D eigenvalue weighted by Gasteiger charge is -2.09. The first kappa shape index (κ1) is 15.4. The molecule has 0 spiro atoms. The summed E-state index contributed by atoms with van der Waals surface area (Å²) in [7, 11) is 0. The number of aromatic nitrogens is 3. The largest absolute Gasteiger partial charge is 0.271 e. The van der Waals surface area contributed by atoms with Crippen molar-refractivity contribution in [2.75, 3.05) is 0 Å². The van der Waals surface area contributed by atoms with Crippen molar-refractivity contribution in [3.05, 3.63) is 83.9 Å². The summed E-state index contributed by atoms with van der Waals surface area (Å²) in [6.45, 7) is 2.16. The normalized spacial score (nSPS) is 11.6. The lowest BCUT2D eigenvalue weighted by atomic mass is 10.1. The quantitative estimate of drug-likeness (QED) is 0.310. The van der Waals surface area contributed by atoms with Crippen molar-refractivity contribution < 1.29 is 0 Å². The van der Waals surface area contributed by atoms with E-state index in [1.165, 1.54) is 11.1 Å². The maximum Gasteiger partial charge on any atom is 0.175 e. The molecule has 0 amide bonds. The van der Waals surface area contributed by atoms with Crippen molar-refractivity contribution in [1.29, 1.82) is 0 Å². The number of nitrogens with zero attached hydrogens (tertiary/aromatic N) is 3. The third-order valence-corrected chi connectivity index (χ3v) is 5.72. The van der Waals surface area contributed by atoms with Gasteiger partial charge in [0.1, 0.15) is 5.65 Å². The maximum absolute atomic E-state index is 4.96. The van der Waals surface area contributed by atoms with Crippen molar-refractivity contribution in [2.45, 2.75) is 17.8 Å². The van der Waals surface area contributed by atoms with Crippen LogP contribution in [0.25, 0.3) is 27.6 Å². The topological polar surface area (TPSA) is 30.2 Å². The van der Waals surface area contributed by atoms with Crippen molar-refractivity contribution in [3.63, 3.8) is 0 Å². The molecule has 4 heteroatoms. The Morgan fingerprint density at radius 1 is 0.808 bits per heavy atom. The molecule has 5 rings (SSSR count). The zero-order valence-electron chi connectivity index (χ0n) is 14.4. The Morgan fingerprint density at radius 2 is 1.54 bits per heavy atom. The minimum absolute atomic E-state index is 0.889. The number of para-hydroxylation sites is 3. The summed E-state index contributed by atoms with van der Waals surface area (Å²) < 4.78 is 2.20. The number of rotatable bonds is 3. The molecule has 0 aliphatic heterocycles. The third-order valence-electron chi connectivity index (χ3n) is 4.73. The van der Waals surface area contributed by atoms with Gasteiger partial charge in [0, 0.05) is 11.1 Å². The number of hydrogen-bond donors (Lipinski definition) is 0. The van der Waals surface area contributed by atoms with Crippen molar-refractivity contribution in [1.82, 2.24) is 14.4 Å². The lowest BCUT2D eigenvalue weighted by molar-refractivity contribution is 0.952. The lowest BCUT2D eigenvalue weighted by Crippen LogP contribution is -1.97. The summed E-state index contributed by atoms with van der Waals surface area (Å²) in [6, 6.07) is 25.0. The van der Waals surface area contributed by atoms with E-state index in [9.17, 15) is 0 Å². The van der Waals surface area contributed by atoms with Gasteiger partial charge in [-0.1, -0.05) is 60.3 Å². The van der Waals surface area contributed by atoms with Crippen LogP contribution in [0.5, 0.6) is 0 Å². The van der Waals surface area contributed by atoms with E-state index in [1.807, 2.05) is 18.2 Å². The smallest absolute Gasteiger partial charge is 0.175 e. The second kappa shape index (κ2) is 6.15. The van der Waals surface area contributed by atoms with Gasteiger partial charge in [-0.05, 0) is 42.3 Å². The number of aryl methyl sites for hydroxylation is 1. The summed E-state index contributed by atoms with van der Waals surface area (Å²) in [6.07, 6.45) is 0. The van der Waals surface area contributed by atoms with Gasteiger partial charge in [0.2, 0.25) is 0 Å². The Morgan fingerprint density at radius 3 is 2.42 bits per heavy atom. The number of imidazole rings is 1. The first-order valence-corrected chi connectivity index (χ1v) is 9.63. The summed E-state index contributed by atoms with van der Waals surface area (Å²) in [5, 5.41) is 2.07. The van der Waals surface area contributed by atoms with Crippen LogP contribution in [0.3, 0.4) is 0 Å². The molecule has 0 saturated heterocycles. The van der Waals surface area contributed by atoms with E-state index in [-0.39, 0.29) is 0 Å². The van der Waals surface area contributed by atoms with Crippen LogP contribution in [0.4, 0.5) is 0 Å². The predicted octanol–water partition coefficient (Wildman–Crippen LogP) is 5.64. The van der Waals surface area contributed by atoms with Crippen LogP contribution in [-0.2, 0) is 5.75 Å². The molecular weight excluding hydrogens is 338 g/mol. The van der Waals surface area contributed by atoms with Crippen molar-refractivity contribution in [2.24, 2.45) is 0 Å². The fraction of sp³-hybridized carbons (Fsp3) is 0.0909. The Labute approximate surface area is 155 Å². The van der Waals surface area contributed by atoms with E-state index >= 15 is 0 Å². The average Bonchev–Trinajstić information content (AvgIpc) is 3.07. The molecule has 0 saturated carbocycles. The first-order valence-electron chi connectivity index (χ1n) is 8.64. The molecular formula is C22H17N3S. The minimum atomic E-state index is 0.889. The highest BCUT2D eigenvalue weighted by molar-refractivity contribution is 7.98. The second-order valence-electron chi connectivity index (χ2n) is 6.39. The number of hydrogen-bond acceptors (Lipinski definition) is 3. The maximum atomic E-state index is 4.96. The zero-order valence-corrected chi connectivity index (χ0v) is 15.2. The van der Waals surface area contributed by atoms with E-state index < -0.39 is 0 Å². The minimum Gasteiger partial charge on any atom is -0.271 e. The van der Waals surface area contributed by atoms with Crippen LogP contribution in [0.1, 0.15) is 11.1 Å². The molecule has 3 aromatic carbocycles. The van der Waals surface area contributed by atoms with Gasteiger partial charge in [-0.25, -0.2) is 9.97 Å². The molecule has 0 bridgehead atoms. The molecule has 2 aromatic heterocycles. The molecule has 126 valence electrons. The zero-order chi connectivity index (χ0) is 17.5. The van der Waals surface area contributed by atoms with Gasteiger partial charge in [0.05, 0.1) is 16.6 Å². The van der Waals surface area contributed by atoms with Crippen LogP contribution in [0.15, 0.2) is 78.0 Å². The average molecular weight is 355 g/mol. The predicted molar refractivity (Wildman–Crippen MR) is 109 cm³/mol. The highest BCUT2D eigenvalue weighted by Crippen LogP contribution is 2.30. The molecule has 26 heavy (non-hydrogen) atoms. The summed E-state index contributed by atoms with van der Waals surface area (Å²) >= 11 is 1.76. The van der Waals surface area contributed by atoms with Crippen LogP contribution in [0, 0.1) is 6.92 Å². The van der Waals surface area contributed by atoms with Gasteiger partial charge in [-0.3, -0.25) is 4.40 Å². The van der Waals surface area contributed by atoms with Gasteiger partial charge >= 0.3 is 0 Å². The SMILES string of the molecule is Cc1ccccc1CSc1nc2ccccc2c2nc3ccccc3n12. The number of thioether (sulfide) groups is 1. The van der Waals surface area contributed by atoms with Crippen LogP contribution >= 0.6 is 11.8 Å². The van der Waals surface area contributed by atoms with Gasteiger partial charge in [-0.15, -0.1) is 0 Å². The molecule has 3 nitrogen and oxygen atoms in total. The van der Waals surface area contributed by atoms with E-state index in [0.717, 1.165) is 38.5 Å². The van der Waals surface area contributed by atoms with E-state index in [2.05, 4.69) is 65.9 Å². The Kier molecular flexibility index (Phi) is 3.64. The van der Waals surface area contributed by atoms with Gasteiger partial charge in [0.25, 0.3) is 0 Å². The molecule has 5 aromatic rings. The first-order chi connectivity index (χ1) is 12.8. The highest BCUT2D eigenvalue weighted by Gasteiger charge is 2.14. The summed E-state index contributed by atoms with van der Waals surface area (Å²) in [5.74, 6) is 0.889. The molecule has 2 heterocycles. The molecule has 0 fully saturated rings. The van der Waals surface area contributed by atoms with Crippen LogP contribution in [0.2, 0.25) is 0 Å². The molecule has 0 radical (unpaired) electrons. The molecule has 0 aliphatic carbocycles. The second-order valence-corrected chi connectivity index (χ2v) is 7.33. The van der Waals surface area contributed by atoms with E-state index in [1.54, 1.807) is 11.8 Å². The molecule has 0 N–H and O–H groups in total. The summed E-state index contributed by atoms with van der Waals surface area (Å²) in [5.41, 5.74) is 6.72. The van der Waals surface area contributed by atoms with Crippen molar-refractivity contribution >= 4 is 39.3 Å². The summed E-state index contributed by atoms with van der Waals surface area (Å²) in [4.78, 5) is 9.84.